The standard InChI is InChI=1S/C9H14F2N2/c1-6-5-13-7(2)8(6)9(10,11)3-4-12/h5,13H,3-4,12H2,1-2H3. The number of aromatic nitrogens is 1. The van der Waals surface area contributed by atoms with Gasteiger partial charge in [-0.2, -0.15) is 0 Å². The van der Waals surface area contributed by atoms with Gasteiger partial charge in [-0.15, -0.1) is 0 Å². The third-order valence-corrected chi connectivity index (χ3v) is 2.10. The van der Waals surface area contributed by atoms with Gasteiger partial charge in [0.15, 0.2) is 0 Å². The summed E-state index contributed by atoms with van der Waals surface area (Å²) in [6.45, 7) is 3.31. The molecule has 4 heteroatoms. The van der Waals surface area contributed by atoms with Crippen LogP contribution in [0.4, 0.5) is 8.78 Å². The van der Waals surface area contributed by atoms with Crippen molar-refractivity contribution in [1.29, 1.82) is 0 Å². The molecule has 0 atom stereocenters. The van der Waals surface area contributed by atoms with Gasteiger partial charge in [-0.05, 0) is 26.0 Å². The van der Waals surface area contributed by atoms with E-state index in [1.165, 1.54) is 0 Å². The van der Waals surface area contributed by atoms with Crippen LogP contribution in [0.1, 0.15) is 23.2 Å². The Morgan fingerprint density at radius 1 is 1.46 bits per heavy atom. The van der Waals surface area contributed by atoms with Crippen molar-refractivity contribution in [3.63, 3.8) is 0 Å². The van der Waals surface area contributed by atoms with Crippen LogP contribution in [0.15, 0.2) is 6.20 Å². The maximum absolute atomic E-state index is 13.4. The Hall–Kier alpha value is -0.900. The van der Waals surface area contributed by atoms with Crippen LogP contribution >= 0.6 is 0 Å². The van der Waals surface area contributed by atoms with Crippen molar-refractivity contribution >= 4 is 0 Å². The van der Waals surface area contributed by atoms with Crippen molar-refractivity contribution in [3.05, 3.63) is 23.0 Å². The van der Waals surface area contributed by atoms with Crippen molar-refractivity contribution in [1.82, 2.24) is 4.98 Å². The van der Waals surface area contributed by atoms with E-state index in [1.54, 1.807) is 20.0 Å². The van der Waals surface area contributed by atoms with Gasteiger partial charge in [-0.25, -0.2) is 8.78 Å². The molecule has 0 spiro atoms. The quantitative estimate of drug-likeness (QED) is 0.749. The summed E-state index contributed by atoms with van der Waals surface area (Å²) in [5.41, 5.74) is 6.34. The molecule has 0 radical (unpaired) electrons. The van der Waals surface area contributed by atoms with Gasteiger partial charge in [0.2, 0.25) is 0 Å². The summed E-state index contributed by atoms with van der Waals surface area (Å²) < 4.78 is 26.8. The summed E-state index contributed by atoms with van der Waals surface area (Å²) in [5.74, 6) is -2.80. The number of aryl methyl sites for hydroxylation is 2. The van der Waals surface area contributed by atoms with Gasteiger partial charge in [-0.1, -0.05) is 0 Å². The zero-order valence-corrected chi connectivity index (χ0v) is 7.82. The molecular weight excluding hydrogens is 174 g/mol. The number of aromatic amines is 1. The topological polar surface area (TPSA) is 41.8 Å². The molecule has 0 aliphatic carbocycles. The molecule has 2 nitrogen and oxygen atoms in total. The van der Waals surface area contributed by atoms with Crippen molar-refractivity contribution in [2.24, 2.45) is 5.73 Å². The fraction of sp³-hybridized carbons (Fsp3) is 0.556. The predicted molar refractivity (Wildman–Crippen MR) is 47.8 cm³/mol. The van der Waals surface area contributed by atoms with Gasteiger partial charge in [0.05, 0.1) is 0 Å². The highest BCUT2D eigenvalue weighted by Gasteiger charge is 2.34. The molecular formula is C9H14F2N2. The van der Waals surface area contributed by atoms with Crippen LogP contribution in [0.25, 0.3) is 0 Å². The maximum Gasteiger partial charge on any atom is 0.276 e. The first-order valence-corrected chi connectivity index (χ1v) is 4.22. The van der Waals surface area contributed by atoms with E-state index < -0.39 is 5.92 Å². The van der Waals surface area contributed by atoms with E-state index in [0.717, 1.165) is 0 Å². The van der Waals surface area contributed by atoms with Gasteiger partial charge in [-0.3, -0.25) is 0 Å². The maximum atomic E-state index is 13.4. The second kappa shape index (κ2) is 3.46. The number of H-pyrrole nitrogens is 1. The third kappa shape index (κ3) is 1.88. The Labute approximate surface area is 76.1 Å². The minimum atomic E-state index is -2.80. The zero-order chi connectivity index (χ0) is 10.1. The number of halogens is 2. The minimum absolute atomic E-state index is 0.00292. The molecule has 0 aliphatic rings. The van der Waals surface area contributed by atoms with E-state index in [0.29, 0.717) is 11.3 Å². The van der Waals surface area contributed by atoms with Crippen LogP contribution in [0.2, 0.25) is 0 Å². The Morgan fingerprint density at radius 2 is 2.08 bits per heavy atom. The fourth-order valence-corrected chi connectivity index (χ4v) is 1.53. The van der Waals surface area contributed by atoms with E-state index in [1.807, 2.05) is 0 Å². The first-order valence-electron chi connectivity index (χ1n) is 4.22. The lowest BCUT2D eigenvalue weighted by Gasteiger charge is -2.16. The molecule has 1 rings (SSSR count). The molecule has 0 bridgehead atoms. The van der Waals surface area contributed by atoms with Crippen molar-refractivity contribution < 1.29 is 8.78 Å². The Balaban J connectivity index is 3.05. The molecule has 0 saturated heterocycles. The van der Waals surface area contributed by atoms with Gasteiger partial charge in [0, 0.05) is 23.9 Å². The van der Waals surface area contributed by atoms with Crippen LogP contribution < -0.4 is 5.73 Å². The number of nitrogens with one attached hydrogen (secondary N) is 1. The average molecular weight is 188 g/mol. The zero-order valence-electron chi connectivity index (χ0n) is 7.82. The largest absolute Gasteiger partial charge is 0.365 e. The van der Waals surface area contributed by atoms with Crippen LogP contribution in [0, 0.1) is 13.8 Å². The van der Waals surface area contributed by atoms with Gasteiger partial charge in [0.25, 0.3) is 5.92 Å². The number of hydrogen-bond acceptors (Lipinski definition) is 1. The van der Waals surface area contributed by atoms with Gasteiger partial charge >= 0.3 is 0 Å². The summed E-state index contributed by atoms with van der Waals surface area (Å²) in [7, 11) is 0. The SMILES string of the molecule is Cc1c[nH]c(C)c1C(F)(F)CCN. The molecule has 0 aliphatic heterocycles. The number of nitrogens with two attached hydrogens (primary N) is 1. The van der Waals surface area contributed by atoms with E-state index in [4.69, 9.17) is 5.73 Å². The van der Waals surface area contributed by atoms with Crippen LogP contribution in [-0.2, 0) is 5.92 Å². The Morgan fingerprint density at radius 3 is 2.46 bits per heavy atom. The lowest BCUT2D eigenvalue weighted by molar-refractivity contribution is -0.0117. The number of rotatable bonds is 3. The summed E-state index contributed by atoms with van der Waals surface area (Å²) in [6.07, 6.45) is 1.29. The first-order chi connectivity index (χ1) is 5.99. The summed E-state index contributed by atoms with van der Waals surface area (Å²) in [4.78, 5) is 2.78. The Bertz CT molecular complexity index is 272. The van der Waals surface area contributed by atoms with E-state index in [2.05, 4.69) is 4.98 Å². The van der Waals surface area contributed by atoms with Crippen molar-refractivity contribution in [3.8, 4) is 0 Å². The highest BCUT2D eigenvalue weighted by Crippen LogP contribution is 2.35. The average Bonchev–Trinajstić information content (AvgIpc) is 2.31. The van der Waals surface area contributed by atoms with E-state index >= 15 is 0 Å². The fourth-order valence-electron chi connectivity index (χ4n) is 1.53. The molecule has 1 heterocycles. The lowest BCUT2D eigenvalue weighted by Crippen LogP contribution is -2.20. The van der Waals surface area contributed by atoms with Crippen LogP contribution in [0.5, 0.6) is 0 Å². The second-order valence-electron chi connectivity index (χ2n) is 3.21. The highest BCUT2D eigenvalue weighted by molar-refractivity contribution is 5.33. The molecule has 0 amide bonds. The molecule has 0 aromatic carbocycles. The monoisotopic (exact) mass is 188 g/mol. The van der Waals surface area contributed by atoms with Crippen molar-refractivity contribution in [2.45, 2.75) is 26.2 Å². The summed E-state index contributed by atoms with van der Waals surface area (Å²) in [5, 5.41) is 0. The molecule has 3 N–H and O–H groups in total. The molecule has 0 saturated carbocycles. The van der Waals surface area contributed by atoms with Crippen LogP contribution in [0.3, 0.4) is 0 Å². The minimum Gasteiger partial charge on any atom is -0.365 e. The smallest absolute Gasteiger partial charge is 0.276 e. The molecule has 1 aromatic rings. The first kappa shape index (κ1) is 10.2. The Kier molecular flexibility index (Phi) is 2.71. The van der Waals surface area contributed by atoms with Crippen LogP contribution in [-0.4, -0.2) is 11.5 Å². The molecule has 1 aromatic heterocycles. The number of alkyl halides is 2. The third-order valence-electron chi connectivity index (χ3n) is 2.10. The molecule has 74 valence electrons. The molecule has 0 fully saturated rings. The molecule has 13 heavy (non-hydrogen) atoms. The number of hydrogen-bond donors (Lipinski definition) is 2. The van der Waals surface area contributed by atoms with Gasteiger partial charge < -0.3 is 10.7 Å². The van der Waals surface area contributed by atoms with Crippen molar-refractivity contribution in [2.75, 3.05) is 6.54 Å². The second-order valence-corrected chi connectivity index (χ2v) is 3.21. The normalized spacial score (nSPS) is 12.1. The lowest BCUT2D eigenvalue weighted by atomic mass is 10.0. The highest BCUT2D eigenvalue weighted by atomic mass is 19.3. The summed E-state index contributed by atoms with van der Waals surface area (Å²) >= 11 is 0. The molecule has 0 unspecified atom stereocenters. The summed E-state index contributed by atoms with van der Waals surface area (Å²) in [6, 6.07) is 0. The van der Waals surface area contributed by atoms with E-state index in [9.17, 15) is 8.78 Å². The van der Waals surface area contributed by atoms with Gasteiger partial charge in [0.1, 0.15) is 0 Å². The van der Waals surface area contributed by atoms with E-state index in [-0.39, 0.29) is 18.5 Å². The predicted octanol–water partition coefficient (Wildman–Crippen LogP) is 2.07.